The van der Waals surface area contributed by atoms with Crippen molar-refractivity contribution in [2.45, 2.75) is 6.92 Å². The maximum absolute atomic E-state index is 12.7. The molecular weight excluding hydrogens is 481 g/mol. The molecule has 3 aromatic rings. The van der Waals surface area contributed by atoms with Gasteiger partial charge in [-0.2, -0.15) is 0 Å². The fraction of sp³-hybridized carbons (Fsp3) is 0.240. The number of hydrogen-bond acceptors (Lipinski definition) is 4. The minimum atomic E-state index is -0.269. The molecule has 0 bridgehead atoms. The lowest BCUT2D eigenvalue weighted by Gasteiger charge is -2.36. The molecule has 1 amide bonds. The van der Waals surface area contributed by atoms with E-state index in [0.717, 1.165) is 44.0 Å². The van der Waals surface area contributed by atoms with Gasteiger partial charge in [0.05, 0.1) is 16.4 Å². The number of rotatable bonds is 6. The normalized spacial score (nSPS) is 14.7. The van der Waals surface area contributed by atoms with Crippen molar-refractivity contribution in [2.24, 2.45) is 0 Å². The summed E-state index contributed by atoms with van der Waals surface area (Å²) in [6.07, 6.45) is 3.06. The molecule has 0 radical (unpaired) electrons. The Balaban J connectivity index is 1.45. The number of halogens is 3. The fourth-order valence-corrected chi connectivity index (χ4v) is 4.67. The summed E-state index contributed by atoms with van der Waals surface area (Å²) in [4.78, 5) is 17.3. The molecule has 0 saturated carbocycles. The van der Waals surface area contributed by atoms with Crippen LogP contribution in [0.3, 0.4) is 0 Å². The van der Waals surface area contributed by atoms with E-state index < -0.39 is 0 Å². The lowest BCUT2D eigenvalue weighted by Crippen LogP contribution is -2.46. The second-order valence-electron chi connectivity index (χ2n) is 7.74. The van der Waals surface area contributed by atoms with E-state index in [-0.39, 0.29) is 5.91 Å². The predicted molar refractivity (Wildman–Crippen MR) is 138 cm³/mol. The van der Waals surface area contributed by atoms with Crippen LogP contribution >= 0.6 is 34.8 Å². The summed E-state index contributed by atoms with van der Waals surface area (Å²) >= 11 is 18.7. The molecule has 0 atom stereocenters. The molecule has 1 aromatic heterocycles. The Morgan fingerprint density at radius 2 is 1.76 bits per heavy atom. The Kier molecular flexibility index (Phi) is 7.66. The van der Waals surface area contributed by atoms with Crippen LogP contribution in [-0.2, 0) is 4.79 Å². The second kappa shape index (κ2) is 10.7. The first kappa shape index (κ1) is 23.7. The molecule has 5 nitrogen and oxygen atoms in total. The minimum absolute atomic E-state index is 0.269. The maximum Gasteiger partial charge on any atom is 0.248 e. The highest BCUT2D eigenvalue weighted by Gasteiger charge is 2.21. The molecule has 0 unspecified atom stereocenters. The van der Waals surface area contributed by atoms with E-state index in [9.17, 15) is 4.79 Å². The molecular formula is C25H24Cl3N3O2. The van der Waals surface area contributed by atoms with Crippen LogP contribution in [0.4, 0.5) is 11.4 Å². The average molecular weight is 505 g/mol. The van der Waals surface area contributed by atoms with Gasteiger partial charge in [0.2, 0.25) is 5.91 Å². The number of furan rings is 1. The van der Waals surface area contributed by atoms with Crippen LogP contribution in [0.15, 0.2) is 59.0 Å². The van der Waals surface area contributed by atoms with Crippen molar-refractivity contribution in [3.8, 4) is 11.3 Å². The van der Waals surface area contributed by atoms with Crippen LogP contribution in [-0.4, -0.2) is 43.5 Å². The molecule has 1 N–H and O–H groups in total. The topological polar surface area (TPSA) is 48.7 Å². The zero-order chi connectivity index (χ0) is 23.4. The van der Waals surface area contributed by atoms with Crippen LogP contribution in [0.1, 0.15) is 12.7 Å². The number of benzene rings is 2. The van der Waals surface area contributed by atoms with Crippen molar-refractivity contribution in [2.75, 3.05) is 42.9 Å². The van der Waals surface area contributed by atoms with Crippen molar-refractivity contribution in [1.29, 1.82) is 0 Å². The van der Waals surface area contributed by atoms with Crippen LogP contribution in [0.25, 0.3) is 17.4 Å². The summed E-state index contributed by atoms with van der Waals surface area (Å²) in [6.45, 7) is 6.85. The minimum Gasteiger partial charge on any atom is -0.457 e. The highest BCUT2D eigenvalue weighted by Crippen LogP contribution is 2.35. The molecule has 8 heteroatoms. The van der Waals surface area contributed by atoms with E-state index in [0.29, 0.717) is 32.3 Å². The second-order valence-corrected chi connectivity index (χ2v) is 9.02. The molecule has 33 heavy (non-hydrogen) atoms. The molecule has 1 saturated heterocycles. The number of likely N-dealkylation sites (N-methyl/N-ethyl adjacent to an activating group) is 1. The molecule has 0 spiro atoms. The first-order chi connectivity index (χ1) is 15.9. The smallest absolute Gasteiger partial charge is 0.248 e. The number of piperazine rings is 1. The highest BCUT2D eigenvalue weighted by atomic mass is 35.5. The van der Waals surface area contributed by atoms with Crippen LogP contribution in [0, 0.1) is 0 Å². The molecule has 0 aliphatic carbocycles. The molecule has 2 heterocycles. The van der Waals surface area contributed by atoms with E-state index >= 15 is 0 Å². The van der Waals surface area contributed by atoms with Crippen molar-refractivity contribution in [3.05, 3.63) is 75.4 Å². The van der Waals surface area contributed by atoms with Crippen LogP contribution in [0.2, 0.25) is 15.1 Å². The lowest BCUT2D eigenvalue weighted by atomic mass is 10.2. The number of nitrogens with one attached hydrogen (secondary N) is 1. The van der Waals surface area contributed by atoms with Gasteiger partial charge >= 0.3 is 0 Å². The van der Waals surface area contributed by atoms with Gasteiger partial charge in [0.25, 0.3) is 0 Å². The predicted octanol–water partition coefficient (Wildman–Crippen LogP) is 6.70. The number of amides is 1. The largest absolute Gasteiger partial charge is 0.457 e. The van der Waals surface area contributed by atoms with E-state index in [1.807, 2.05) is 24.3 Å². The van der Waals surface area contributed by atoms with Crippen molar-refractivity contribution >= 4 is 58.2 Å². The summed E-state index contributed by atoms with van der Waals surface area (Å²) in [5.41, 5.74) is 2.31. The third-order valence-corrected chi connectivity index (χ3v) is 6.29. The molecule has 1 aliphatic heterocycles. The SMILES string of the molecule is CCN1CCN(c2c(Cl)cccc2NC(=O)/C=C/c2ccc(-c3cc(Cl)cc(Cl)c3)o2)CC1. The molecule has 1 aliphatic rings. The number of anilines is 2. The van der Waals surface area contributed by atoms with Crippen molar-refractivity contribution < 1.29 is 9.21 Å². The number of para-hydroxylation sites is 1. The lowest BCUT2D eigenvalue weighted by molar-refractivity contribution is -0.111. The standard InChI is InChI=1S/C25H24Cl3N3O2/c1-2-30-10-12-31(13-11-30)25-21(28)4-3-5-22(25)29-24(32)9-7-20-6-8-23(33-20)17-14-18(26)16-19(27)15-17/h3-9,14-16H,2,10-13H2,1H3,(H,29,32)/b9-7+. The van der Waals surface area contributed by atoms with Crippen LogP contribution < -0.4 is 10.2 Å². The molecule has 4 rings (SSSR count). The Bertz CT molecular complexity index is 1150. The summed E-state index contributed by atoms with van der Waals surface area (Å²) in [5.74, 6) is 0.885. The van der Waals surface area contributed by atoms with Gasteiger partial charge in [0.15, 0.2) is 0 Å². The maximum atomic E-state index is 12.7. The number of nitrogens with zero attached hydrogens (tertiary/aromatic N) is 2. The molecule has 172 valence electrons. The first-order valence-corrected chi connectivity index (χ1v) is 11.9. The highest BCUT2D eigenvalue weighted by molar-refractivity contribution is 6.35. The Morgan fingerprint density at radius 3 is 2.45 bits per heavy atom. The zero-order valence-corrected chi connectivity index (χ0v) is 20.4. The number of hydrogen-bond donors (Lipinski definition) is 1. The average Bonchev–Trinajstić information content (AvgIpc) is 3.27. The van der Waals surface area contributed by atoms with Gasteiger partial charge in [0, 0.05) is 47.9 Å². The zero-order valence-electron chi connectivity index (χ0n) is 18.2. The van der Waals surface area contributed by atoms with E-state index in [1.165, 1.54) is 6.08 Å². The van der Waals surface area contributed by atoms with E-state index in [1.54, 1.807) is 30.3 Å². The van der Waals surface area contributed by atoms with Gasteiger partial charge in [-0.25, -0.2) is 0 Å². The fourth-order valence-electron chi connectivity index (χ4n) is 3.85. The van der Waals surface area contributed by atoms with Gasteiger partial charge in [-0.15, -0.1) is 0 Å². The van der Waals surface area contributed by atoms with Crippen molar-refractivity contribution in [3.63, 3.8) is 0 Å². The van der Waals surface area contributed by atoms with Gasteiger partial charge in [-0.1, -0.05) is 47.8 Å². The van der Waals surface area contributed by atoms with Crippen molar-refractivity contribution in [1.82, 2.24) is 4.90 Å². The first-order valence-electron chi connectivity index (χ1n) is 10.7. The van der Waals surface area contributed by atoms with Gasteiger partial charge < -0.3 is 19.5 Å². The van der Waals surface area contributed by atoms with Gasteiger partial charge in [0.1, 0.15) is 11.5 Å². The number of carbonyl (C=O) groups is 1. The molecule has 2 aromatic carbocycles. The number of carbonyl (C=O) groups excluding carboxylic acids is 1. The quantitative estimate of drug-likeness (QED) is 0.379. The third-order valence-electron chi connectivity index (χ3n) is 5.55. The summed E-state index contributed by atoms with van der Waals surface area (Å²) in [6, 6.07) is 14.3. The Labute approximate surface area is 208 Å². The van der Waals surface area contributed by atoms with E-state index in [4.69, 9.17) is 39.2 Å². The van der Waals surface area contributed by atoms with Gasteiger partial charge in [-0.05, 0) is 55.1 Å². The van der Waals surface area contributed by atoms with E-state index in [2.05, 4.69) is 22.0 Å². The van der Waals surface area contributed by atoms with Gasteiger partial charge in [-0.3, -0.25) is 4.79 Å². The monoisotopic (exact) mass is 503 g/mol. The third kappa shape index (κ3) is 5.92. The molecule has 1 fully saturated rings. The summed E-state index contributed by atoms with van der Waals surface area (Å²) in [5, 5.41) is 4.63. The Hall–Kier alpha value is -2.44. The summed E-state index contributed by atoms with van der Waals surface area (Å²) in [7, 11) is 0. The Morgan fingerprint density at radius 1 is 1.03 bits per heavy atom. The summed E-state index contributed by atoms with van der Waals surface area (Å²) < 4.78 is 5.82. The van der Waals surface area contributed by atoms with Crippen LogP contribution in [0.5, 0.6) is 0 Å².